The molecule has 0 saturated carbocycles. The summed E-state index contributed by atoms with van der Waals surface area (Å²) in [5.74, 6) is 0.402. The zero-order chi connectivity index (χ0) is 31.1. The lowest BCUT2D eigenvalue weighted by Gasteiger charge is -2.42. The van der Waals surface area contributed by atoms with Crippen molar-refractivity contribution >= 4 is 5.71 Å². The molecule has 1 aliphatic heterocycles. The molecule has 3 unspecified atom stereocenters. The molecule has 2 aromatic rings. The van der Waals surface area contributed by atoms with Crippen molar-refractivity contribution in [3.63, 3.8) is 0 Å². The molecule has 4 nitrogen and oxygen atoms in total. The van der Waals surface area contributed by atoms with Crippen molar-refractivity contribution in [1.82, 2.24) is 16.0 Å². The number of aliphatic imine (C=N–C) groups is 1. The summed E-state index contributed by atoms with van der Waals surface area (Å²) >= 11 is 0. The molecule has 1 aliphatic carbocycles. The Hall–Kier alpha value is -3.57. The zero-order valence-electron chi connectivity index (χ0n) is 28.1. The highest BCUT2D eigenvalue weighted by Gasteiger charge is 2.43. The first-order chi connectivity index (χ1) is 20.7. The highest BCUT2D eigenvalue weighted by atomic mass is 19.1. The van der Waals surface area contributed by atoms with Gasteiger partial charge >= 0.3 is 0 Å². The van der Waals surface area contributed by atoms with Crippen LogP contribution in [0.1, 0.15) is 90.3 Å². The number of fused-ring (bicyclic) bond motifs is 1. The highest BCUT2D eigenvalue weighted by molar-refractivity contribution is 6.01. The van der Waals surface area contributed by atoms with Crippen molar-refractivity contribution in [3.05, 3.63) is 113 Å². The van der Waals surface area contributed by atoms with Crippen LogP contribution in [0, 0.1) is 18.3 Å². The van der Waals surface area contributed by atoms with Gasteiger partial charge in [0.15, 0.2) is 0 Å². The van der Waals surface area contributed by atoms with Gasteiger partial charge < -0.3 is 11.1 Å². The molecule has 0 fully saturated rings. The first-order valence-corrected chi connectivity index (χ1v) is 16.1. The molecule has 4 rings (SSSR count). The molecule has 0 spiro atoms. The maximum Gasteiger partial charge on any atom is 0.0867 e. The van der Waals surface area contributed by atoms with Crippen molar-refractivity contribution < 1.29 is 4.39 Å². The van der Waals surface area contributed by atoms with E-state index in [4.69, 9.17) is 9.98 Å². The summed E-state index contributed by atoms with van der Waals surface area (Å²) in [6.45, 7) is 20.8. The second-order valence-corrected chi connectivity index (χ2v) is 12.4. The number of hydrogen-bond donors (Lipinski definition) is 1. The fraction of sp³-hybridized carbons (Fsp3) is 0.436. The van der Waals surface area contributed by atoms with Crippen LogP contribution in [0.4, 0.5) is 4.39 Å². The molecule has 0 bridgehead atoms. The lowest BCUT2D eigenvalue weighted by atomic mass is 9.81. The Morgan fingerprint density at radius 3 is 2.55 bits per heavy atom. The maximum absolute atomic E-state index is 12.8. The second kappa shape index (κ2) is 15.4. The fourth-order valence-electron chi connectivity index (χ4n) is 6.80. The van der Waals surface area contributed by atoms with Crippen LogP contribution < -0.4 is 6.15 Å². The van der Waals surface area contributed by atoms with Crippen LogP contribution in [0.15, 0.2) is 101 Å². The number of allylic oxidation sites excluding steroid dienone is 6. The van der Waals surface area contributed by atoms with E-state index in [0.29, 0.717) is 18.7 Å². The van der Waals surface area contributed by atoms with E-state index >= 15 is 0 Å². The van der Waals surface area contributed by atoms with Gasteiger partial charge in [-0.25, -0.2) is 4.39 Å². The Balaban J connectivity index is 0.00000529. The van der Waals surface area contributed by atoms with E-state index in [2.05, 4.69) is 96.4 Å². The Labute approximate surface area is 265 Å². The summed E-state index contributed by atoms with van der Waals surface area (Å²) in [7, 11) is 0. The highest BCUT2D eigenvalue weighted by Crippen LogP contribution is 2.51. The van der Waals surface area contributed by atoms with Crippen molar-refractivity contribution in [2.24, 2.45) is 16.3 Å². The van der Waals surface area contributed by atoms with Gasteiger partial charge in [-0.05, 0) is 105 Å². The third-order valence-corrected chi connectivity index (χ3v) is 9.58. The topological polar surface area (TPSA) is 63.5 Å². The van der Waals surface area contributed by atoms with E-state index in [1.54, 1.807) is 6.08 Å². The molecular formula is C39H53FN4. The minimum atomic E-state index is 0. The van der Waals surface area contributed by atoms with Crippen LogP contribution in [0.2, 0.25) is 0 Å². The van der Waals surface area contributed by atoms with Crippen molar-refractivity contribution in [1.29, 1.82) is 0 Å². The molecule has 2 aliphatic rings. The van der Waals surface area contributed by atoms with Gasteiger partial charge in [0.25, 0.3) is 0 Å². The van der Waals surface area contributed by atoms with Crippen LogP contribution in [-0.2, 0) is 6.42 Å². The van der Waals surface area contributed by atoms with Gasteiger partial charge in [-0.15, -0.1) is 0 Å². The van der Waals surface area contributed by atoms with E-state index in [1.165, 1.54) is 28.6 Å². The molecular weight excluding hydrogens is 543 g/mol. The van der Waals surface area contributed by atoms with E-state index in [0.717, 1.165) is 72.3 Å². The molecule has 0 saturated heterocycles. The summed E-state index contributed by atoms with van der Waals surface area (Å²) in [6, 6.07) is 11.1. The second-order valence-electron chi connectivity index (χ2n) is 12.4. The molecule has 5 heteroatoms. The molecule has 44 heavy (non-hydrogen) atoms. The molecule has 3 atom stereocenters. The third kappa shape index (κ3) is 7.38. The minimum absolute atomic E-state index is 0. The van der Waals surface area contributed by atoms with Crippen molar-refractivity contribution in [2.45, 2.75) is 93.0 Å². The summed E-state index contributed by atoms with van der Waals surface area (Å²) in [5, 5.41) is 0. The summed E-state index contributed by atoms with van der Waals surface area (Å²) in [6.07, 6.45) is 15.8. The number of pyridine rings is 1. The standard InChI is InChI=1S/C39H50FN3.H3N/c1-9-29(17-15-21-40)19-20-34(32-22-27(6)37(41-26-32)31-18-14-16-30(10-2)23-31)42-38-28(7)33-24-39(8,12-4)25-36(33)43(13-5)35(38)11-3;/h9,14-18,21-23,25-26,33,35H,1,10-13,19-20,24H2,2-8H3;1H3/b21-15+,29-17+,42-34?;. The molecule has 0 amide bonds. The Morgan fingerprint density at radius 1 is 1.16 bits per heavy atom. The molecule has 1 aromatic carbocycles. The quantitative estimate of drug-likeness (QED) is 0.196. The van der Waals surface area contributed by atoms with Crippen LogP contribution in [0.25, 0.3) is 11.3 Å². The minimum Gasteiger partial charge on any atom is -0.366 e. The molecule has 0 radical (unpaired) electrons. The van der Waals surface area contributed by atoms with Gasteiger partial charge in [0.1, 0.15) is 0 Å². The molecule has 3 N–H and O–H groups in total. The van der Waals surface area contributed by atoms with Gasteiger partial charge in [0.2, 0.25) is 0 Å². The summed E-state index contributed by atoms with van der Waals surface area (Å²) < 4.78 is 12.8. The van der Waals surface area contributed by atoms with Crippen LogP contribution in [0.5, 0.6) is 0 Å². The third-order valence-electron chi connectivity index (χ3n) is 9.58. The Morgan fingerprint density at radius 2 is 1.93 bits per heavy atom. The SMILES string of the molecule is C=C/C(=C\C=C\F)CCC(=NC1=C(C)C2CC(C)(CC)C=C2N(CC)C1CC)c1cnc(-c2cccc(CC)c2)c(C)c1.N. The number of halogens is 1. The number of aryl methyl sites for hydroxylation is 2. The molecule has 1 aromatic heterocycles. The normalized spacial score (nSPS) is 22.3. The molecule has 2 heterocycles. The van der Waals surface area contributed by atoms with Gasteiger partial charge in [-0.2, -0.15) is 0 Å². The van der Waals surface area contributed by atoms with E-state index in [-0.39, 0.29) is 17.6 Å². The van der Waals surface area contributed by atoms with Crippen molar-refractivity contribution in [3.8, 4) is 11.3 Å². The van der Waals surface area contributed by atoms with Crippen LogP contribution in [0.3, 0.4) is 0 Å². The predicted octanol–water partition coefficient (Wildman–Crippen LogP) is 10.7. The summed E-state index contributed by atoms with van der Waals surface area (Å²) in [4.78, 5) is 13.2. The first-order valence-electron chi connectivity index (χ1n) is 16.1. The van der Waals surface area contributed by atoms with Crippen LogP contribution >= 0.6 is 0 Å². The number of nitrogens with zero attached hydrogens (tertiary/aromatic N) is 3. The first kappa shape index (κ1) is 34.9. The average Bonchev–Trinajstić information content (AvgIpc) is 3.39. The van der Waals surface area contributed by atoms with E-state index in [9.17, 15) is 4.39 Å². The Bertz CT molecular complexity index is 1480. The number of aromatic nitrogens is 1. The zero-order valence-corrected chi connectivity index (χ0v) is 28.1. The summed E-state index contributed by atoms with van der Waals surface area (Å²) in [5.41, 5.74) is 11.9. The Kier molecular flexibility index (Phi) is 12.2. The molecule has 236 valence electrons. The van der Waals surface area contributed by atoms with Gasteiger partial charge in [-0.3, -0.25) is 9.98 Å². The maximum atomic E-state index is 12.8. The number of benzene rings is 1. The predicted molar refractivity (Wildman–Crippen MR) is 187 cm³/mol. The number of likely N-dealkylation sites (N-methyl/N-ethyl adjacent to an activating group) is 1. The van der Waals surface area contributed by atoms with E-state index < -0.39 is 0 Å². The monoisotopic (exact) mass is 596 g/mol. The smallest absolute Gasteiger partial charge is 0.0867 e. The number of rotatable bonds is 12. The lowest BCUT2D eigenvalue weighted by Crippen LogP contribution is -2.41. The average molecular weight is 597 g/mol. The van der Waals surface area contributed by atoms with Crippen LogP contribution in [-0.4, -0.2) is 28.2 Å². The van der Waals surface area contributed by atoms with Gasteiger partial charge in [0, 0.05) is 41.2 Å². The van der Waals surface area contributed by atoms with E-state index in [1.807, 2.05) is 12.3 Å². The van der Waals surface area contributed by atoms with Gasteiger partial charge in [0.05, 0.1) is 23.8 Å². The lowest BCUT2D eigenvalue weighted by molar-refractivity contribution is 0.241. The van der Waals surface area contributed by atoms with Gasteiger partial charge in [-0.1, -0.05) is 70.7 Å². The van der Waals surface area contributed by atoms with Crippen molar-refractivity contribution in [2.75, 3.05) is 6.54 Å². The largest absolute Gasteiger partial charge is 0.366 e. The number of hydrogen-bond acceptors (Lipinski definition) is 4. The fourth-order valence-corrected chi connectivity index (χ4v) is 6.80.